The van der Waals surface area contributed by atoms with Crippen LogP contribution in [-0.4, -0.2) is 6.61 Å². The van der Waals surface area contributed by atoms with Crippen molar-refractivity contribution in [3.63, 3.8) is 0 Å². The van der Waals surface area contributed by atoms with E-state index in [0.29, 0.717) is 12.5 Å². The van der Waals surface area contributed by atoms with Gasteiger partial charge in [-0.1, -0.05) is 37.6 Å². The summed E-state index contributed by atoms with van der Waals surface area (Å²) in [6.07, 6.45) is 0. The van der Waals surface area contributed by atoms with Crippen LogP contribution in [0.5, 0.6) is 0 Å². The van der Waals surface area contributed by atoms with Crippen molar-refractivity contribution in [2.75, 3.05) is 6.61 Å². The molecule has 0 bridgehead atoms. The van der Waals surface area contributed by atoms with Crippen molar-refractivity contribution in [1.82, 2.24) is 5.48 Å². The molecule has 0 aliphatic carbocycles. The van der Waals surface area contributed by atoms with E-state index < -0.39 is 0 Å². The van der Waals surface area contributed by atoms with Gasteiger partial charge in [0, 0.05) is 11.6 Å². The summed E-state index contributed by atoms with van der Waals surface area (Å²) in [5.74, 6) is 0.543. The predicted octanol–water partition coefficient (Wildman–Crippen LogP) is 3.02. The van der Waals surface area contributed by atoms with E-state index in [1.165, 1.54) is 0 Å². The zero-order valence-corrected chi connectivity index (χ0v) is 9.34. The Morgan fingerprint density at radius 3 is 2.86 bits per heavy atom. The highest BCUT2D eigenvalue weighted by Crippen LogP contribution is 2.10. The molecule has 0 spiro atoms. The number of halogens is 1. The van der Waals surface area contributed by atoms with Gasteiger partial charge in [-0.2, -0.15) is 5.48 Å². The first-order valence-electron chi connectivity index (χ1n) is 4.77. The lowest BCUT2D eigenvalue weighted by atomic mass is 10.2. The molecule has 14 heavy (non-hydrogen) atoms. The van der Waals surface area contributed by atoms with E-state index in [2.05, 4.69) is 19.3 Å². The lowest BCUT2D eigenvalue weighted by Gasteiger charge is -2.07. The normalized spacial score (nSPS) is 10.9. The number of hydroxylamine groups is 1. The van der Waals surface area contributed by atoms with Gasteiger partial charge >= 0.3 is 0 Å². The number of benzene rings is 1. The van der Waals surface area contributed by atoms with Crippen molar-refractivity contribution < 1.29 is 4.84 Å². The highest BCUT2D eigenvalue weighted by atomic mass is 35.5. The minimum Gasteiger partial charge on any atom is -0.301 e. The van der Waals surface area contributed by atoms with Crippen molar-refractivity contribution in [2.24, 2.45) is 5.92 Å². The Balaban J connectivity index is 2.25. The fraction of sp³-hybridized carbons (Fsp3) is 0.455. The van der Waals surface area contributed by atoms with E-state index in [1.54, 1.807) is 0 Å². The minimum absolute atomic E-state index is 0.543. The van der Waals surface area contributed by atoms with Crippen LogP contribution in [0.3, 0.4) is 0 Å². The second-order valence-corrected chi connectivity index (χ2v) is 4.09. The molecule has 0 amide bonds. The maximum atomic E-state index is 5.84. The van der Waals surface area contributed by atoms with Crippen LogP contribution in [0.2, 0.25) is 5.02 Å². The predicted molar refractivity (Wildman–Crippen MR) is 59.1 cm³/mol. The van der Waals surface area contributed by atoms with Crippen molar-refractivity contribution in [3.05, 3.63) is 34.9 Å². The Morgan fingerprint density at radius 2 is 2.21 bits per heavy atom. The Bertz CT molecular complexity index is 276. The molecule has 0 heterocycles. The fourth-order valence-corrected chi connectivity index (χ4v) is 1.22. The molecule has 0 fully saturated rings. The van der Waals surface area contributed by atoms with E-state index in [0.717, 1.165) is 17.2 Å². The molecule has 3 heteroatoms. The molecule has 2 nitrogen and oxygen atoms in total. The second kappa shape index (κ2) is 6.02. The third-order valence-electron chi connectivity index (χ3n) is 1.68. The molecule has 0 saturated heterocycles. The van der Waals surface area contributed by atoms with Crippen molar-refractivity contribution in [3.8, 4) is 0 Å². The van der Waals surface area contributed by atoms with Crippen LogP contribution >= 0.6 is 11.6 Å². The average molecular weight is 214 g/mol. The van der Waals surface area contributed by atoms with Gasteiger partial charge in [0.2, 0.25) is 0 Å². The maximum absolute atomic E-state index is 5.84. The van der Waals surface area contributed by atoms with Gasteiger partial charge in [0.25, 0.3) is 0 Å². The van der Waals surface area contributed by atoms with Gasteiger partial charge in [-0.15, -0.1) is 0 Å². The standard InChI is InChI=1S/C11H16ClNO/c1-9(2)8-14-13-7-10-4-3-5-11(12)6-10/h3-6,9,13H,7-8H2,1-2H3. The summed E-state index contributed by atoms with van der Waals surface area (Å²) in [6.45, 7) is 5.63. The molecule has 1 aromatic carbocycles. The van der Waals surface area contributed by atoms with Crippen LogP contribution in [0.25, 0.3) is 0 Å². The molecule has 1 N–H and O–H groups in total. The summed E-state index contributed by atoms with van der Waals surface area (Å²) in [4.78, 5) is 5.25. The highest BCUT2D eigenvalue weighted by Gasteiger charge is 1.95. The number of hydrogen-bond acceptors (Lipinski definition) is 2. The van der Waals surface area contributed by atoms with Crippen LogP contribution in [0.15, 0.2) is 24.3 Å². The van der Waals surface area contributed by atoms with E-state index in [4.69, 9.17) is 16.4 Å². The summed E-state index contributed by atoms with van der Waals surface area (Å²) in [5, 5.41) is 0.758. The summed E-state index contributed by atoms with van der Waals surface area (Å²) in [6, 6.07) is 7.73. The Kier molecular flexibility index (Phi) is 4.94. The number of nitrogens with one attached hydrogen (secondary N) is 1. The van der Waals surface area contributed by atoms with E-state index in [9.17, 15) is 0 Å². The average Bonchev–Trinajstić information content (AvgIpc) is 2.12. The molecule has 0 radical (unpaired) electrons. The Labute approximate surface area is 90.2 Å². The van der Waals surface area contributed by atoms with Crippen LogP contribution in [0, 0.1) is 5.92 Å². The first-order valence-corrected chi connectivity index (χ1v) is 5.15. The quantitative estimate of drug-likeness (QED) is 0.600. The van der Waals surface area contributed by atoms with Crippen molar-refractivity contribution in [2.45, 2.75) is 20.4 Å². The van der Waals surface area contributed by atoms with Crippen LogP contribution in [0.1, 0.15) is 19.4 Å². The van der Waals surface area contributed by atoms with Gasteiger partial charge in [-0.25, -0.2) is 0 Å². The van der Waals surface area contributed by atoms with Crippen LogP contribution in [0.4, 0.5) is 0 Å². The van der Waals surface area contributed by atoms with Gasteiger partial charge in [0.1, 0.15) is 0 Å². The van der Waals surface area contributed by atoms with E-state index >= 15 is 0 Å². The third kappa shape index (κ3) is 4.61. The van der Waals surface area contributed by atoms with Gasteiger partial charge in [-0.3, -0.25) is 0 Å². The summed E-state index contributed by atoms with van der Waals surface area (Å²) < 4.78 is 0. The third-order valence-corrected chi connectivity index (χ3v) is 1.92. The molecule has 0 aromatic heterocycles. The monoisotopic (exact) mass is 213 g/mol. The molecule has 0 saturated carbocycles. The van der Waals surface area contributed by atoms with Crippen LogP contribution in [-0.2, 0) is 11.4 Å². The number of hydrogen-bond donors (Lipinski definition) is 1. The first kappa shape index (κ1) is 11.5. The molecule has 0 aliphatic rings. The molecule has 0 unspecified atom stereocenters. The fourth-order valence-electron chi connectivity index (χ4n) is 1.01. The molecule has 1 rings (SSSR count). The van der Waals surface area contributed by atoms with Gasteiger partial charge in [0.15, 0.2) is 0 Å². The van der Waals surface area contributed by atoms with Crippen LogP contribution < -0.4 is 5.48 Å². The number of rotatable bonds is 5. The molecule has 78 valence electrons. The molecular weight excluding hydrogens is 198 g/mol. The Hall–Kier alpha value is -0.570. The zero-order chi connectivity index (χ0) is 10.4. The smallest absolute Gasteiger partial charge is 0.0705 e. The van der Waals surface area contributed by atoms with Gasteiger partial charge < -0.3 is 4.84 Å². The van der Waals surface area contributed by atoms with E-state index in [1.807, 2.05) is 24.3 Å². The second-order valence-electron chi connectivity index (χ2n) is 3.66. The molecule has 0 aliphatic heterocycles. The maximum Gasteiger partial charge on any atom is 0.0705 e. The summed E-state index contributed by atoms with van der Waals surface area (Å²) in [7, 11) is 0. The topological polar surface area (TPSA) is 21.3 Å². The minimum atomic E-state index is 0.543. The van der Waals surface area contributed by atoms with Gasteiger partial charge in [-0.05, 0) is 23.6 Å². The Morgan fingerprint density at radius 1 is 1.43 bits per heavy atom. The lowest BCUT2D eigenvalue weighted by molar-refractivity contribution is 0.0196. The van der Waals surface area contributed by atoms with E-state index in [-0.39, 0.29) is 0 Å². The lowest BCUT2D eigenvalue weighted by Crippen LogP contribution is -2.17. The zero-order valence-electron chi connectivity index (χ0n) is 8.59. The largest absolute Gasteiger partial charge is 0.301 e. The van der Waals surface area contributed by atoms with Crippen molar-refractivity contribution >= 4 is 11.6 Å². The van der Waals surface area contributed by atoms with Gasteiger partial charge in [0.05, 0.1) is 6.61 Å². The molecule has 1 aromatic rings. The SMILES string of the molecule is CC(C)CONCc1cccc(Cl)c1. The highest BCUT2D eigenvalue weighted by molar-refractivity contribution is 6.30. The first-order chi connectivity index (χ1) is 6.68. The molecule has 0 atom stereocenters. The molecular formula is C11H16ClNO. The summed E-state index contributed by atoms with van der Waals surface area (Å²) >= 11 is 5.84. The van der Waals surface area contributed by atoms with Crippen molar-refractivity contribution in [1.29, 1.82) is 0 Å². The summed E-state index contributed by atoms with van der Waals surface area (Å²) in [5.41, 5.74) is 4.03.